The number of anilines is 2. The van der Waals surface area contributed by atoms with Crippen molar-refractivity contribution < 1.29 is 9.53 Å². The quantitative estimate of drug-likeness (QED) is 0.685. The smallest absolute Gasteiger partial charge is 0.224 e. The van der Waals surface area contributed by atoms with Gasteiger partial charge in [0.05, 0.1) is 12.8 Å². The van der Waals surface area contributed by atoms with Crippen LogP contribution in [-0.4, -0.2) is 50.1 Å². The fraction of sp³-hybridized carbons (Fsp3) is 0.533. The number of thioether (sulfide) groups is 1. The molecule has 0 saturated carbocycles. The van der Waals surface area contributed by atoms with Crippen molar-refractivity contribution in [2.24, 2.45) is 0 Å². The normalized spacial score (nSPS) is 10.7. The molecular formula is C15H25N3O2S. The first-order valence-corrected chi connectivity index (χ1v) is 8.37. The van der Waals surface area contributed by atoms with Gasteiger partial charge in [-0.05, 0) is 44.5 Å². The van der Waals surface area contributed by atoms with Crippen LogP contribution in [0.5, 0.6) is 5.75 Å². The van der Waals surface area contributed by atoms with E-state index in [2.05, 4.69) is 23.5 Å². The highest BCUT2D eigenvalue weighted by Gasteiger charge is 2.08. The fourth-order valence-corrected chi connectivity index (χ4v) is 2.40. The van der Waals surface area contributed by atoms with Crippen molar-refractivity contribution in [1.29, 1.82) is 0 Å². The topological polar surface area (TPSA) is 67.6 Å². The third kappa shape index (κ3) is 6.73. The Labute approximate surface area is 131 Å². The Bertz CT molecular complexity index is 455. The molecule has 0 radical (unpaired) electrons. The maximum atomic E-state index is 12.0. The molecule has 0 spiro atoms. The Morgan fingerprint density at radius 1 is 1.43 bits per heavy atom. The zero-order chi connectivity index (χ0) is 15.7. The molecule has 21 heavy (non-hydrogen) atoms. The first kappa shape index (κ1) is 17.7. The van der Waals surface area contributed by atoms with Crippen LogP contribution in [-0.2, 0) is 4.79 Å². The van der Waals surface area contributed by atoms with Crippen LogP contribution in [0.25, 0.3) is 0 Å². The number of nitrogen functional groups attached to an aromatic ring is 1. The molecule has 6 heteroatoms. The van der Waals surface area contributed by atoms with Crippen LogP contribution in [0.4, 0.5) is 11.4 Å². The third-order valence-electron chi connectivity index (χ3n) is 3.12. The van der Waals surface area contributed by atoms with Crippen molar-refractivity contribution in [1.82, 2.24) is 4.90 Å². The molecule has 5 nitrogen and oxygen atoms in total. The lowest BCUT2D eigenvalue weighted by Gasteiger charge is -2.15. The molecule has 0 fully saturated rings. The van der Waals surface area contributed by atoms with Gasteiger partial charge in [-0.3, -0.25) is 4.79 Å². The number of rotatable bonds is 9. The van der Waals surface area contributed by atoms with Crippen LogP contribution in [0.15, 0.2) is 18.2 Å². The van der Waals surface area contributed by atoms with Gasteiger partial charge in [-0.15, -0.1) is 0 Å². The van der Waals surface area contributed by atoms with Gasteiger partial charge in [0.15, 0.2) is 0 Å². The van der Waals surface area contributed by atoms with Crippen LogP contribution in [0.3, 0.4) is 0 Å². The van der Waals surface area contributed by atoms with E-state index in [0.717, 1.165) is 25.3 Å². The molecule has 1 rings (SSSR count). The van der Waals surface area contributed by atoms with Gasteiger partial charge in [0, 0.05) is 24.4 Å². The number of carbonyl (C=O) groups is 1. The number of carbonyl (C=O) groups excluding carboxylic acids is 1. The first-order chi connectivity index (χ1) is 10.1. The average molecular weight is 311 g/mol. The molecule has 1 amide bonds. The van der Waals surface area contributed by atoms with E-state index in [9.17, 15) is 4.79 Å². The lowest BCUT2D eigenvalue weighted by Crippen LogP contribution is -2.23. The molecule has 0 aliphatic rings. The molecular weight excluding hydrogens is 286 g/mol. The Kier molecular flexibility index (Phi) is 8.00. The van der Waals surface area contributed by atoms with Gasteiger partial charge >= 0.3 is 0 Å². The summed E-state index contributed by atoms with van der Waals surface area (Å²) in [6.07, 6.45) is 3.42. The van der Waals surface area contributed by atoms with Crippen molar-refractivity contribution in [2.45, 2.75) is 12.8 Å². The second kappa shape index (κ2) is 9.52. The lowest BCUT2D eigenvalue weighted by molar-refractivity contribution is -0.116. The standard InChI is InChI=1S/C15H25N3O2S/c1-18(9-10-21-3)8-4-5-15(19)17-13-11-12(16)6-7-14(13)20-2/h6-7,11H,4-5,8-10,16H2,1-3H3,(H,17,19). The zero-order valence-electron chi connectivity index (χ0n) is 13.0. The number of benzene rings is 1. The summed E-state index contributed by atoms with van der Waals surface area (Å²) in [7, 11) is 3.65. The molecule has 0 aliphatic heterocycles. The van der Waals surface area contributed by atoms with Crippen LogP contribution in [0, 0.1) is 0 Å². The van der Waals surface area contributed by atoms with Crippen LogP contribution >= 0.6 is 11.8 Å². The van der Waals surface area contributed by atoms with Gasteiger partial charge in [-0.1, -0.05) is 0 Å². The minimum Gasteiger partial charge on any atom is -0.495 e. The van der Waals surface area contributed by atoms with E-state index in [0.29, 0.717) is 23.5 Å². The van der Waals surface area contributed by atoms with E-state index in [4.69, 9.17) is 10.5 Å². The van der Waals surface area contributed by atoms with Gasteiger partial charge in [0.1, 0.15) is 5.75 Å². The Balaban J connectivity index is 2.38. The van der Waals surface area contributed by atoms with Crippen molar-refractivity contribution in [3.63, 3.8) is 0 Å². The summed E-state index contributed by atoms with van der Waals surface area (Å²) >= 11 is 1.83. The lowest BCUT2D eigenvalue weighted by atomic mass is 10.2. The fourth-order valence-electron chi connectivity index (χ4n) is 1.90. The summed E-state index contributed by atoms with van der Waals surface area (Å²) < 4.78 is 5.21. The molecule has 118 valence electrons. The van der Waals surface area contributed by atoms with E-state index in [1.54, 1.807) is 25.3 Å². The van der Waals surface area contributed by atoms with Gasteiger partial charge in [-0.2, -0.15) is 11.8 Å². The number of ether oxygens (including phenoxy) is 1. The van der Waals surface area contributed by atoms with Crippen molar-refractivity contribution in [2.75, 3.05) is 50.3 Å². The number of hydrogen-bond donors (Lipinski definition) is 2. The number of nitrogens with one attached hydrogen (secondary N) is 1. The van der Waals surface area contributed by atoms with E-state index in [1.807, 2.05) is 11.8 Å². The zero-order valence-corrected chi connectivity index (χ0v) is 13.8. The van der Waals surface area contributed by atoms with Gasteiger partial charge in [-0.25, -0.2) is 0 Å². The number of amides is 1. The van der Waals surface area contributed by atoms with Crippen LogP contribution in [0.1, 0.15) is 12.8 Å². The molecule has 0 aliphatic carbocycles. The molecule has 1 aromatic carbocycles. The predicted octanol–water partition coefficient (Wildman–Crippen LogP) is 2.29. The predicted molar refractivity (Wildman–Crippen MR) is 91.1 cm³/mol. The first-order valence-electron chi connectivity index (χ1n) is 6.97. The maximum absolute atomic E-state index is 12.0. The molecule has 1 aromatic rings. The third-order valence-corrected chi connectivity index (χ3v) is 3.71. The Morgan fingerprint density at radius 2 is 2.19 bits per heavy atom. The van der Waals surface area contributed by atoms with E-state index in [-0.39, 0.29) is 5.91 Å². The SMILES string of the molecule is COc1ccc(N)cc1NC(=O)CCCN(C)CCSC. The number of nitrogens with zero attached hydrogens (tertiary/aromatic N) is 1. The molecule has 0 bridgehead atoms. The average Bonchev–Trinajstić information content (AvgIpc) is 2.45. The van der Waals surface area contributed by atoms with E-state index >= 15 is 0 Å². The second-order valence-electron chi connectivity index (χ2n) is 4.91. The molecule has 0 atom stereocenters. The van der Waals surface area contributed by atoms with Crippen LogP contribution < -0.4 is 15.8 Å². The summed E-state index contributed by atoms with van der Waals surface area (Å²) in [6, 6.07) is 5.21. The molecule has 0 heterocycles. The minimum absolute atomic E-state index is 0.0165. The molecule has 0 saturated heterocycles. The number of hydrogen-bond acceptors (Lipinski definition) is 5. The second-order valence-corrected chi connectivity index (χ2v) is 5.89. The molecule has 0 aromatic heterocycles. The number of nitrogens with two attached hydrogens (primary N) is 1. The summed E-state index contributed by atoms with van der Waals surface area (Å²) in [6.45, 7) is 1.97. The number of methoxy groups -OCH3 is 1. The van der Waals surface area contributed by atoms with E-state index in [1.165, 1.54) is 0 Å². The molecule has 3 N–H and O–H groups in total. The summed E-state index contributed by atoms with van der Waals surface area (Å²) in [4.78, 5) is 14.2. The van der Waals surface area contributed by atoms with Crippen molar-refractivity contribution >= 4 is 29.0 Å². The van der Waals surface area contributed by atoms with E-state index < -0.39 is 0 Å². The van der Waals surface area contributed by atoms with Crippen molar-refractivity contribution in [3.8, 4) is 5.75 Å². The summed E-state index contributed by atoms with van der Waals surface area (Å²) in [5.74, 6) is 1.72. The highest BCUT2D eigenvalue weighted by molar-refractivity contribution is 7.98. The monoisotopic (exact) mass is 311 g/mol. The Hall–Kier alpha value is -1.40. The summed E-state index contributed by atoms with van der Waals surface area (Å²) in [5.41, 5.74) is 6.95. The highest BCUT2D eigenvalue weighted by Crippen LogP contribution is 2.26. The summed E-state index contributed by atoms with van der Waals surface area (Å²) in [5, 5.41) is 2.85. The molecule has 0 unspecified atom stereocenters. The van der Waals surface area contributed by atoms with Crippen molar-refractivity contribution in [3.05, 3.63) is 18.2 Å². The Morgan fingerprint density at radius 3 is 2.86 bits per heavy atom. The largest absolute Gasteiger partial charge is 0.495 e. The maximum Gasteiger partial charge on any atom is 0.224 e. The minimum atomic E-state index is -0.0165. The van der Waals surface area contributed by atoms with Crippen LogP contribution in [0.2, 0.25) is 0 Å². The van der Waals surface area contributed by atoms with Gasteiger partial charge in [0.25, 0.3) is 0 Å². The highest BCUT2D eigenvalue weighted by atomic mass is 32.2. The van der Waals surface area contributed by atoms with Gasteiger partial charge in [0.2, 0.25) is 5.91 Å². The van der Waals surface area contributed by atoms with Gasteiger partial charge < -0.3 is 20.7 Å².